The number of halogens is 3. The molecule has 0 saturated carbocycles. The third kappa shape index (κ3) is 2.91. The highest BCUT2D eigenvalue weighted by Gasteiger charge is 2.07. The first-order valence-electron chi connectivity index (χ1n) is 4.96. The third-order valence-electron chi connectivity index (χ3n) is 2.21. The standard InChI is InChI=1S/C12H9ClF2N2/c13-10-5-2-6-11(17-10)16-7-8-3-1-4-9(14)12(8)15/h1-6H,7H2,(H,16,17). The summed E-state index contributed by atoms with van der Waals surface area (Å²) in [5.74, 6) is -1.19. The van der Waals surface area contributed by atoms with Crippen molar-refractivity contribution in [1.29, 1.82) is 0 Å². The summed E-state index contributed by atoms with van der Waals surface area (Å²) in [5.41, 5.74) is 0.242. The molecule has 0 unspecified atom stereocenters. The van der Waals surface area contributed by atoms with Gasteiger partial charge in [-0.3, -0.25) is 0 Å². The molecule has 0 aliphatic rings. The van der Waals surface area contributed by atoms with Crippen LogP contribution >= 0.6 is 11.6 Å². The minimum atomic E-state index is -0.858. The molecule has 0 bridgehead atoms. The Labute approximate surface area is 102 Å². The first kappa shape index (κ1) is 11.8. The Morgan fingerprint density at radius 1 is 1.12 bits per heavy atom. The van der Waals surface area contributed by atoms with Crippen molar-refractivity contribution in [1.82, 2.24) is 4.98 Å². The van der Waals surface area contributed by atoms with Crippen molar-refractivity contribution < 1.29 is 8.78 Å². The highest BCUT2D eigenvalue weighted by Crippen LogP contribution is 2.14. The van der Waals surface area contributed by atoms with Gasteiger partial charge in [0.05, 0.1) is 0 Å². The normalized spacial score (nSPS) is 10.3. The molecule has 1 heterocycles. The predicted molar refractivity (Wildman–Crippen MR) is 62.9 cm³/mol. The topological polar surface area (TPSA) is 24.9 Å². The molecule has 0 aliphatic heterocycles. The van der Waals surface area contributed by atoms with E-state index in [9.17, 15) is 8.78 Å². The fourth-order valence-corrected chi connectivity index (χ4v) is 1.54. The van der Waals surface area contributed by atoms with E-state index in [0.29, 0.717) is 11.0 Å². The molecule has 0 atom stereocenters. The maximum atomic E-state index is 13.3. The van der Waals surface area contributed by atoms with Crippen LogP contribution in [0.2, 0.25) is 5.15 Å². The summed E-state index contributed by atoms with van der Waals surface area (Å²) >= 11 is 5.70. The second kappa shape index (κ2) is 5.10. The molecule has 2 aromatic rings. The summed E-state index contributed by atoms with van der Waals surface area (Å²) < 4.78 is 26.3. The monoisotopic (exact) mass is 254 g/mol. The zero-order valence-electron chi connectivity index (χ0n) is 8.75. The lowest BCUT2D eigenvalue weighted by Gasteiger charge is -2.07. The van der Waals surface area contributed by atoms with Crippen molar-refractivity contribution in [3.63, 3.8) is 0 Å². The van der Waals surface area contributed by atoms with Gasteiger partial charge in [0.1, 0.15) is 11.0 Å². The lowest BCUT2D eigenvalue weighted by Crippen LogP contribution is -2.04. The molecular formula is C12H9ClF2N2. The Morgan fingerprint density at radius 2 is 1.88 bits per heavy atom. The molecule has 0 fully saturated rings. The van der Waals surface area contributed by atoms with Crippen molar-refractivity contribution in [2.75, 3.05) is 5.32 Å². The Bertz CT molecular complexity index is 532. The van der Waals surface area contributed by atoms with Crippen LogP contribution in [-0.2, 0) is 6.54 Å². The maximum Gasteiger partial charge on any atom is 0.163 e. The van der Waals surface area contributed by atoms with E-state index in [1.165, 1.54) is 12.1 Å². The average Bonchev–Trinajstić information content (AvgIpc) is 2.31. The van der Waals surface area contributed by atoms with E-state index < -0.39 is 11.6 Å². The molecule has 0 saturated heterocycles. The van der Waals surface area contributed by atoms with Crippen LogP contribution in [-0.4, -0.2) is 4.98 Å². The lowest BCUT2D eigenvalue weighted by molar-refractivity contribution is 0.500. The Balaban J connectivity index is 2.10. The highest BCUT2D eigenvalue weighted by molar-refractivity contribution is 6.29. The van der Waals surface area contributed by atoms with E-state index in [4.69, 9.17) is 11.6 Å². The molecule has 17 heavy (non-hydrogen) atoms. The molecule has 5 heteroatoms. The second-order valence-corrected chi connectivity index (χ2v) is 3.80. The fourth-order valence-electron chi connectivity index (χ4n) is 1.38. The van der Waals surface area contributed by atoms with Gasteiger partial charge in [-0.1, -0.05) is 29.8 Å². The van der Waals surface area contributed by atoms with Gasteiger partial charge in [-0.15, -0.1) is 0 Å². The van der Waals surface area contributed by atoms with Crippen molar-refractivity contribution in [2.45, 2.75) is 6.54 Å². The van der Waals surface area contributed by atoms with E-state index in [1.54, 1.807) is 18.2 Å². The van der Waals surface area contributed by atoms with Crippen molar-refractivity contribution in [3.05, 3.63) is 58.7 Å². The quantitative estimate of drug-likeness (QED) is 0.846. The van der Waals surface area contributed by atoms with Gasteiger partial charge in [0, 0.05) is 12.1 Å². The Kier molecular flexibility index (Phi) is 3.54. The number of hydrogen-bond acceptors (Lipinski definition) is 2. The molecule has 1 aromatic heterocycles. The number of anilines is 1. The largest absolute Gasteiger partial charge is 0.366 e. The summed E-state index contributed by atoms with van der Waals surface area (Å²) in [6.45, 7) is 0.150. The molecule has 0 radical (unpaired) electrons. The van der Waals surface area contributed by atoms with E-state index in [-0.39, 0.29) is 12.1 Å². The van der Waals surface area contributed by atoms with Crippen LogP contribution in [0.4, 0.5) is 14.6 Å². The van der Waals surface area contributed by atoms with E-state index >= 15 is 0 Å². The number of aromatic nitrogens is 1. The zero-order valence-corrected chi connectivity index (χ0v) is 9.51. The van der Waals surface area contributed by atoms with E-state index in [2.05, 4.69) is 10.3 Å². The average molecular weight is 255 g/mol. The van der Waals surface area contributed by atoms with Gasteiger partial charge in [-0.05, 0) is 18.2 Å². The maximum absolute atomic E-state index is 13.3. The Hall–Kier alpha value is -1.68. The summed E-state index contributed by atoms with van der Waals surface area (Å²) in [5, 5.41) is 3.21. The lowest BCUT2D eigenvalue weighted by atomic mass is 10.2. The molecular weight excluding hydrogens is 246 g/mol. The molecule has 0 aliphatic carbocycles. The van der Waals surface area contributed by atoms with Gasteiger partial charge >= 0.3 is 0 Å². The van der Waals surface area contributed by atoms with Crippen LogP contribution in [0.15, 0.2) is 36.4 Å². The van der Waals surface area contributed by atoms with Crippen molar-refractivity contribution >= 4 is 17.4 Å². The SMILES string of the molecule is Fc1cccc(CNc2cccc(Cl)n2)c1F. The summed E-state index contributed by atoms with van der Waals surface area (Å²) in [6.07, 6.45) is 0. The molecule has 0 amide bonds. The number of hydrogen-bond donors (Lipinski definition) is 1. The molecule has 2 rings (SSSR count). The number of nitrogens with one attached hydrogen (secondary N) is 1. The highest BCUT2D eigenvalue weighted by atomic mass is 35.5. The van der Waals surface area contributed by atoms with Crippen LogP contribution in [0.1, 0.15) is 5.56 Å². The van der Waals surface area contributed by atoms with Crippen molar-refractivity contribution in [2.24, 2.45) is 0 Å². The van der Waals surface area contributed by atoms with Crippen LogP contribution in [0.5, 0.6) is 0 Å². The molecule has 1 aromatic carbocycles. The van der Waals surface area contributed by atoms with Gasteiger partial charge in [-0.25, -0.2) is 13.8 Å². The van der Waals surface area contributed by atoms with E-state index in [1.807, 2.05) is 0 Å². The first-order chi connectivity index (χ1) is 8.16. The molecule has 2 nitrogen and oxygen atoms in total. The van der Waals surface area contributed by atoms with Crippen LogP contribution in [0, 0.1) is 11.6 Å². The molecule has 0 spiro atoms. The van der Waals surface area contributed by atoms with Gasteiger partial charge in [0.2, 0.25) is 0 Å². The molecule has 1 N–H and O–H groups in total. The first-order valence-corrected chi connectivity index (χ1v) is 5.34. The number of rotatable bonds is 3. The minimum Gasteiger partial charge on any atom is -0.366 e. The van der Waals surface area contributed by atoms with Crippen molar-refractivity contribution in [3.8, 4) is 0 Å². The summed E-state index contributed by atoms with van der Waals surface area (Å²) in [4.78, 5) is 3.98. The van der Waals surface area contributed by atoms with Gasteiger partial charge in [0.15, 0.2) is 11.6 Å². The summed E-state index contributed by atoms with van der Waals surface area (Å²) in [6, 6.07) is 9.10. The van der Waals surface area contributed by atoms with E-state index in [0.717, 1.165) is 6.07 Å². The number of pyridine rings is 1. The summed E-state index contributed by atoms with van der Waals surface area (Å²) in [7, 11) is 0. The third-order valence-corrected chi connectivity index (χ3v) is 2.42. The Morgan fingerprint density at radius 3 is 2.65 bits per heavy atom. The number of nitrogens with zero attached hydrogens (tertiary/aromatic N) is 1. The fraction of sp³-hybridized carbons (Fsp3) is 0.0833. The molecule has 88 valence electrons. The van der Waals surface area contributed by atoms with Gasteiger partial charge < -0.3 is 5.32 Å². The van der Waals surface area contributed by atoms with Gasteiger partial charge in [0.25, 0.3) is 0 Å². The van der Waals surface area contributed by atoms with Crippen LogP contribution in [0.3, 0.4) is 0 Å². The van der Waals surface area contributed by atoms with Gasteiger partial charge in [-0.2, -0.15) is 0 Å². The van der Waals surface area contributed by atoms with Crippen LogP contribution in [0.25, 0.3) is 0 Å². The zero-order chi connectivity index (χ0) is 12.3. The minimum absolute atomic E-state index is 0.150. The smallest absolute Gasteiger partial charge is 0.163 e. The second-order valence-electron chi connectivity index (χ2n) is 3.41. The predicted octanol–water partition coefficient (Wildman–Crippen LogP) is 3.63. The van der Waals surface area contributed by atoms with Crippen LogP contribution < -0.4 is 5.32 Å². The number of benzene rings is 1.